The molecule has 33 heavy (non-hydrogen) atoms. The second-order valence-corrected chi connectivity index (χ2v) is 15.5. The monoisotopic (exact) mass is 477 g/mol. The number of esters is 1. The molecule has 1 aromatic rings. The minimum Gasteiger partial charge on any atom is -0.458 e. The van der Waals surface area contributed by atoms with Crippen molar-refractivity contribution in [1.29, 1.82) is 0 Å². The number of rotatable bonds is 10. The number of allylic oxidation sites excluding steroid dienone is 1. The molecular weight excluding hydrogens is 434 g/mol. The zero-order valence-electron chi connectivity index (χ0n) is 21.7. The highest BCUT2D eigenvalue weighted by molar-refractivity contribution is 6.74. The van der Waals surface area contributed by atoms with Crippen LogP contribution in [0.2, 0.25) is 18.1 Å². The van der Waals surface area contributed by atoms with Crippen molar-refractivity contribution >= 4 is 14.3 Å². The average molecular weight is 478 g/mol. The predicted octanol–water partition coefficient (Wildman–Crippen LogP) is 6.03. The van der Waals surface area contributed by atoms with Gasteiger partial charge in [-0.05, 0) is 63.2 Å². The van der Waals surface area contributed by atoms with E-state index in [1.165, 1.54) is 6.08 Å². The summed E-state index contributed by atoms with van der Waals surface area (Å²) in [6, 6.07) is 3.69. The minimum absolute atomic E-state index is 0.0165. The third kappa shape index (κ3) is 8.96. The molecule has 0 saturated carbocycles. The molecule has 0 spiro atoms. The largest absolute Gasteiger partial charge is 0.458 e. The maximum Gasteiger partial charge on any atom is 0.330 e. The Kier molecular flexibility index (Phi) is 10.3. The van der Waals surface area contributed by atoms with E-state index in [1.54, 1.807) is 12.4 Å². The number of aromatic nitrogens is 1. The molecule has 0 aromatic carbocycles. The molecule has 2 heterocycles. The van der Waals surface area contributed by atoms with E-state index in [1.807, 2.05) is 25.1 Å². The minimum atomic E-state index is -1.94. The molecule has 0 radical (unpaired) electrons. The van der Waals surface area contributed by atoms with Gasteiger partial charge in [-0.25, -0.2) is 4.79 Å². The standard InChI is InChI=1S/C26H43NO5Si/c1-19-16-23(32-33(7,8)26(4,5)6)25(31-21(19)3)30-20(2)12-9-10-14-24(28)29-18-22-13-11-15-27-17-22/h10-11,13-15,17,19-21,23,25H,9,12,16,18H2,1-8H3/b14-10+/t19-,20-,21+,23-,25-/m1/s1. The molecule has 0 unspecified atom stereocenters. The quantitative estimate of drug-likeness (QED) is 0.233. The van der Waals surface area contributed by atoms with Crippen molar-refractivity contribution in [2.45, 2.75) is 110 Å². The van der Waals surface area contributed by atoms with Crippen LogP contribution in [0.1, 0.15) is 66.4 Å². The summed E-state index contributed by atoms with van der Waals surface area (Å²) in [5, 5.41) is 0.131. The molecule has 0 N–H and O–H groups in total. The number of carbonyl (C=O) groups excluding carboxylic acids is 1. The Labute approximate surface area is 201 Å². The van der Waals surface area contributed by atoms with Gasteiger partial charge >= 0.3 is 5.97 Å². The lowest BCUT2D eigenvalue weighted by atomic mass is 9.95. The van der Waals surface area contributed by atoms with Gasteiger partial charge in [-0.1, -0.05) is 39.8 Å². The van der Waals surface area contributed by atoms with Crippen LogP contribution in [0.5, 0.6) is 0 Å². The lowest BCUT2D eigenvalue weighted by molar-refractivity contribution is -0.259. The van der Waals surface area contributed by atoms with Crippen LogP contribution < -0.4 is 0 Å². The van der Waals surface area contributed by atoms with Gasteiger partial charge < -0.3 is 18.6 Å². The normalized spacial score (nSPS) is 25.2. The first-order valence-corrected chi connectivity index (χ1v) is 15.0. The summed E-state index contributed by atoms with van der Waals surface area (Å²) in [5.41, 5.74) is 0.867. The smallest absolute Gasteiger partial charge is 0.330 e. The molecular formula is C26H43NO5Si. The molecule has 1 aliphatic rings. The zero-order chi connectivity index (χ0) is 24.6. The summed E-state index contributed by atoms with van der Waals surface area (Å²) in [5.74, 6) is 0.0734. The Bertz CT molecular complexity index is 762. The molecule has 1 aliphatic heterocycles. The summed E-state index contributed by atoms with van der Waals surface area (Å²) in [6.45, 7) is 17.9. The fourth-order valence-electron chi connectivity index (χ4n) is 3.37. The molecule has 1 fully saturated rings. The highest BCUT2D eigenvalue weighted by Crippen LogP contribution is 2.40. The van der Waals surface area contributed by atoms with E-state index in [-0.39, 0.29) is 42.2 Å². The predicted molar refractivity (Wildman–Crippen MR) is 133 cm³/mol. The molecule has 1 saturated heterocycles. The maximum atomic E-state index is 11.9. The Morgan fingerprint density at radius 2 is 2.06 bits per heavy atom. The molecule has 0 amide bonds. The molecule has 186 valence electrons. The van der Waals surface area contributed by atoms with Crippen LogP contribution >= 0.6 is 0 Å². The van der Waals surface area contributed by atoms with E-state index < -0.39 is 8.32 Å². The topological polar surface area (TPSA) is 66.9 Å². The first-order chi connectivity index (χ1) is 15.4. The fourth-order valence-corrected chi connectivity index (χ4v) is 4.69. The Morgan fingerprint density at radius 1 is 1.33 bits per heavy atom. The van der Waals surface area contributed by atoms with E-state index >= 15 is 0 Å². The van der Waals surface area contributed by atoms with Crippen molar-refractivity contribution in [2.75, 3.05) is 0 Å². The molecule has 2 rings (SSSR count). The van der Waals surface area contributed by atoms with Gasteiger partial charge in [0.1, 0.15) is 6.61 Å². The van der Waals surface area contributed by atoms with Gasteiger partial charge in [0.2, 0.25) is 0 Å². The fraction of sp³-hybridized carbons (Fsp3) is 0.692. The Balaban J connectivity index is 1.82. The summed E-state index contributed by atoms with van der Waals surface area (Å²) in [4.78, 5) is 15.9. The van der Waals surface area contributed by atoms with Crippen LogP contribution in [-0.4, -0.2) is 43.9 Å². The second kappa shape index (κ2) is 12.2. The third-order valence-electron chi connectivity index (χ3n) is 6.77. The van der Waals surface area contributed by atoms with E-state index in [0.717, 1.165) is 24.8 Å². The van der Waals surface area contributed by atoms with Crippen molar-refractivity contribution in [3.8, 4) is 0 Å². The van der Waals surface area contributed by atoms with Gasteiger partial charge in [0.25, 0.3) is 0 Å². The van der Waals surface area contributed by atoms with Crippen LogP contribution in [0.15, 0.2) is 36.7 Å². The summed E-state index contributed by atoms with van der Waals surface area (Å²) in [6.07, 6.45) is 8.82. The van der Waals surface area contributed by atoms with Crippen LogP contribution in [0, 0.1) is 5.92 Å². The molecule has 7 heteroatoms. The van der Waals surface area contributed by atoms with Crippen LogP contribution in [0.4, 0.5) is 0 Å². The Morgan fingerprint density at radius 3 is 2.70 bits per heavy atom. The first-order valence-electron chi connectivity index (χ1n) is 12.1. The SMILES string of the molecule is C[C@H](CC/C=C/C(=O)OCc1cccnc1)O[C@@H]1O[C@@H](C)[C@H](C)C[C@H]1O[Si](C)(C)C(C)(C)C. The van der Waals surface area contributed by atoms with Crippen molar-refractivity contribution in [3.63, 3.8) is 0 Å². The highest BCUT2D eigenvalue weighted by Gasteiger charge is 2.44. The van der Waals surface area contributed by atoms with Crippen molar-refractivity contribution in [3.05, 3.63) is 42.2 Å². The number of ether oxygens (including phenoxy) is 3. The molecule has 6 nitrogen and oxygen atoms in total. The van der Waals surface area contributed by atoms with E-state index in [0.29, 0.717) is 5.92 Å². The van der Waals surface area contributed by atoms with Gasteiger partial charge in [-0.15, -0.1) is 0 Å². The number of hydrogen-bond donors (Lipinski definition) is 0. The van der Waals surface area contributed by atoms with E-state index in [9.17, 15) is 4.79 Å². The maximum absolute atomic E-state index is 11.9. The summed E-state index contributed by atoms with van der Waals surface area (Å²) in [7, 11) is -1.94. The van der Waals surface area contributed by atoms with Gasteiger partial charge in [-0.3, -0.25) is 4.98 Å². The summed E-state index contributed by atoms with van der Waals surface area (Å²) >= 11 is 0. The zero-order valence-corrected chi connectivity index (χ0v) is 22.7. The van der Waals surface area contributed by atoms with Crippen molar-refractivity contribution in [2.24, 2.45) is 5.92 Å². The van der Waals surface area contributed by atoms with E-state index in [4.69, 9.17) is 18.6 Å². The molecule has 5 atom stereocenters. The van der Waals surface area contributed by atoms with E-state index in [2.05, 4.69) is 52.7 Å². The van der Waals surface area contributed by atoms with Crippen LogP contribution in [0.25, 0.3) is 0 Å². The molecule has 1 aromatic heterocycles. The number of nitrogens with zero attached hydrogens (tertiary/aromatic N) is 1. The lowest BCUT2D eigenvalue weighted by Gasteiger charge is -2.45. The number of hydrogen-bond acceptors (Lipinski definition) is 6. The van der Waals surface area contributed by atoms with Crippen LogP contribution in [-0.2, 0) is 30.0 Å². The number of carbonyl (C=O) groups is 1. The Hall–Kier alpha value is -1.54. The van der Waals surface area contributed by atoms with Crippen molar-refractivity contribution in [1.82, 2.24) is 4.98 Å². The lowest BCUT2D eigenvalue weighted by Crippen LogP contribution is -2.53. The van der Waals surface area contributed by atoms with Gasteiger partial charge in [0, 0.05) is 24.0 Å². The second-order valence-electron chi connectivity index (χ2n) is 10.7. The van der Waals surface area contributed by atoms with Crippen molar-refractivity contribution < 1.29 is 23.4 Å². The average Bonchev–Trinajstić information content (AvgIpc) is 2.73. The number of pyridine rings is 1. The van der Waals surface area contributed by atoms with Gasteiger partial charge in [0.15, 0.2) is 14.6 Å². The molecule has 0 bridgehead atoms. The van der Waals surface area contributed by atoms with Gasteiger partial charge in [-0.2, -0.15) is 0 Å². The molecule has 0 aliphatic carbocycles. The third-order valence-corrected chi connectivity index (χ3v) is 11.3. The first kappa shape index (κ1) is 27.7. The highest BCUT2D eigenvalue weighted by atomic mass is 28.4. The van der Waals surface area contributed by atoms with Gasteiger partial charge in [0.05, 0.1) is 18.3 Å². The van der Waals surface area contributed by atoms with Crippen LogP contribution in [0.3, 0.4) is 0 Å². The summed E-state index contributed by atoms with van der Waals surface area (Å²) < 4.78 is 24.5.